The van der Waals surface area contributed by atoms with Crippen LogP contribution < -0.4 is 10.6 Å². The van der Waals surface area contributed by atoms with Gasteiger partial charge in [0.15, 0.2) is 0 Å². The van der Waals surface area contributed by atoms with Gasteiger partial charge in [-0.25, -0.2) is 0 Å². The zero-order chi connectivity index (χ0) is 14.6. The van der Waals surface area contributed by atoms with Crippen molar-refractivity contribution in [2.45, 2.75) is 13.8 Å². The van der Waals surface area contributed by atoms with Gasteiger partial charge in [0.25, 0.3) is 5.91 Å². The van der Waals surface area contributed by atoms with Crippen LogP contribution in [0.1, 0.15) is 24.2 Å². The molecule has 0 saturated carbocycles. The molecular weight excluding hydrogens is 312 g/mol. The van der Waals surface area contributed by atoms with Crippen molar-refractivity contribution in [1.82, 2.24) is 10.6 Å². The van der Waals surface area contributed by atoms with Crippen LogP contribution >= 0.6 is 15.9 Å². The zero-order valence-corrected chi connectivity index (χ0v) is 12.7. The number of carbonyl (C=O) groups is 2. The maximum atomic E-state index is 11.9. The molecule has 0 aromatic heterocycles. The van der Waals surface area contributed by atoms with E-state index >= 15 is 0 Å². The van der Waals surface area contributed by atoms with Gasteiger partial charge in [-0.1, -0.05) is 0 Å². The Morgan fingerprint density at radius 2 is 2.00 bits per heavy atom. The monoisotopic (exact) mass is 328 g/mol. The van der Waals surface area contributed by atoms with Gasteiger partial charge in [0, 0.05) is 19.2 Å². The molecule has 0 saturated heterocycles. The number of hydrogen-bond donors (Lipinski definition) is 3. The zero-order valence-electron chi connectivity index (χ0n) is 11.1. The van der Waals surface area contributed by atoms with Gasteiger partial charge in [-0.15, -0.1) is 0 Å². The van der Waals surface area contributed by atoms with Gasteiger partial charge in [-0.05, 0) is 48.0 Å². The van der Waals surface area contributed by atoms with Crippen LogP contribution in [0.5, 0.6) is 5.75 Å². The van der Waals surface area contributed by atoms with Gasteiger partial charge in [0.05, 0.1) is 9.89 Å². The Bertz CT molecular complexity index is 501. The molecule has 2 amide bonds. The quantitative estimate of drug-likeness (QED) is 0.786. The van der Waals surface area contributed by atoms with E-state index in [4.69, 9.17) is 0 Å². The topological polar surface area (TPSA) is 78.4 Å². The smallest absolute Gasteiger partial charge is 0.251 e. The highest BCUT2D eigenvalue weighted by Crippen LogP contribution is 2.24. The van der Waals surface area contributed by atoms with Gasteiger partial charge < -0.3 is 15.7 Å². The second-order valence-electron chi connectivity index (χ2n) is 4.81. The van der Waals surface area contributed by atoms with Crippen molar-refractivity contribution in [3.63, 3.8) is 0 Å². The minimum Gasteiger partial charge on any atom is -0.507 e. The second kappa shape index (κ2) is 6.06. The number of benzene rings is 1. The van der Waals surface area contributed by atoms with E-state index in [1.807, 2.05) is 0 Å². The lowest BCUT2D eigenvalue weighted by Gasteiger charge is -2.22. The normalized spacial score (nSPS) is 10.9. The summed E-state index contributed by atoms with van der Waals surface area (Å²) in [7, 11) is 1.55. The van der Waals surface area contributed by atoms with E-state index in [0.29, 0.717) is 10.0 Å². The van der Waals surface area contributed by atoms with E-state index in [2.05, 4.69) is 26.6 Å². The molecule has 0 unspecified atom stereocenters. The molecule has 104 valence electrons. The maximum Gasteiger partial charge on any atom is 0.251 e. The third kappa shape index (κ3) is 3.96. The molecular formula is C13H17BrN2O3. The molecule has 0 spiro atoms. The molecule has 1 rings (SSSR count). The number of hydrogen-bond acceptors (Lipinski definition) is 3. The Balaban J connectivity index is 2.70. The van der Waals surface area contributed by atoms with Gasteiger partial charge in [0.1, 0.15) is 5.75 Å². The average Bonchev–Trinajstić information content (AvgIpc) is 2.38. The first-order valence-corrected chi connectivity index (χ1v) is 6.56. The van der Waals surface area contributed by atoms with E-state index in [-0.39, 0.29) is 24.1 Å². The molecule has 0 aliphatic rings. The summed E-state index contributed by atoms with van der Waals surface area (Å²) in [5.74, 6) is -0.482. The first-order valence-electron chi connectivity index (χ1n) is 5.77. The molecule has 0 aliphatic carbocycles. The summed E-state index contributed by atoms with van der Waals surface area (Å²) >= 11 is 3.14. The third-order valence-corrected chi connectivity index (χ3v) is 3.41. The standard InChI is InChI=1S/C13H17BrN2O3/c1-13(2,12(19)15-3)7-16-11(18)8-4-5-9(14)10(17)6-8/h4-6,17H,7H2,1-3H3,(H,15,19)(H,16,18). The predicted octanol–water partition coefficient (Wildman–Crippen LogP) is 1.66. The average molecular weight is 329 g/mol. The van der Waals surface area contributed by atoms with Crippen LogP contribution in [0.15, 0.2) is 22.7 Å². The van der Waals surface area contributed by atoms with Gasteiger partial charge in [0.2, 0.25) is 5.91 Å². The lowest BCUT2D eigenvalue weighted by molar-refractivity contribution is -0.128. The molecule has 1 aromatic carbocycles. The van der Waals surface area contributed by atoms with Crippen molar-refractivity contribution in [1.29, 1.82) is 0 Å². The van der Waals surface area contributed by atoms with E-state index < -0.39 is 5.41 Å². The fourth-order valence-electron chi connectivity index (χ4n) is 1.48. The summed E-state index contributed by atoms with van der Waals surface area (Å²) in [6, 6.07) is 4.55. The highest BCUT2D eigenvalue weighted by atomic mass is 79.9. The van der Waals surface area contributed by atoms with Crippen LogP contribution in [0.25, 0.3) is 0 Å². The number of carbonyl (C=O) groups excluding carboxylic acids is 2. The maximum absolute atomic E-state index is 11.9. The van der Waals surface area contributed by atoms with Crippen molar-refractivity contribution in [2.24, 2.45) is 5.41 Å². The Morgan fingerprint density at radius 1 is 1.37 bits per heavy atom. The Labute approximate surface area is 120 Å². The first-order chi connectivity index (χ1) is 8.77. The van der Waals surface area contributed by atoms with E-state index in [1.165, 1.54) is 6.07 Å². The molecule has 3 N–H and O–H groups in total. The van der Waals surface area contributed by atoms with Crippen LogP contribution in [0, 0.1) is 5.41 Å². The number of halogens is 1. The molecule has 5 nitrogen and oxygen atoms in total. The first kappa shape index (κ1) is 15.5. The van der Waals surface area contributed by atoms with Gasteiger partial charge in [-0.3, -0.25) is 9.59 Å². The fourth-order valence-corrected chi connectivity index (χ4v) is 1.72. The van der Waals surface area contributed by atoms with Gasteiger partial charge >= 0.3 is 0 Å². The Hall–Kier alpha value is -1.56. The Morgan fingerprint density at radius 3 is 2.53 bits per heavy atom. The fraction of sp³-hybridized carbons (Fsp3) is 0.385. The molecule has 19 heavy (non-hydrogen) atoms. The molecule has 0 atom stereocenters. The lowest BCUT2D eigenvalue weighted by atomic mass is 9.92. The van der Waals surface area contributed by atoms with Gasteiger partial charge in [-0.2, -0.15) is 0 Å². The van der Waals surface area contributed by atoms with E-state index in [1.54, 1.807) is 33.0 Å². The Kier molecular flexibility index (Phi) is 4.94. The van der Waals surface area contributed by atoms with E-state index in [0.717, 1.165) is 0 Å². The summed E-state index contributed by atoms with van der Waals surface area (Å²) in [6.07, 6.45) is 0. The van der Waals surface area contributed by atoms with Crippen LogP contribution in [0.2, 0.25) is 0 Å². The van der Waals surface area contributed by atoms with Crippen molar-refractivity contribution >= 4 is 27.7 Å². The van der Waals surface area contributed by atoms with Crippen molar-refractivity contribution in [2.75, 3.05) is 13.6 Å². The molecule has 0 bridgehead atoms. The number of rotatable bonds is 4. The number of amides is 2. The largest absolute Gasteiger partial charge is 0.507 e. The highest BCUT2D eigenvalue weighted by molar-refractivity contribution is 9.10. The summed E-state index contributed by atoms with van der Waals surface area (Å²) in [6.45, 7) is 3.69. The molecule has 6 heteroatoms. The highest BCUT2D eigenvalue weighted by Gasteiger charge is 2.27. The van der Waals surface area contributed by atoms with Crippen molar-refractivity contribution in [3.05, 3.63) is 28.2 Å². The minimum absolute atomic E-state index is 0.00166. The molecule has 0 aliphatic heterocycles. The molecule has 0 fully saturated rings. The van der Waals surface area contributed by atoms with Crippen LogP contribution in [0.3, 0.4) is 0 Å². The number of phenolic OH excluding ortho intramolecular Hbond substituents is 1. The van der Waals surface area contributed by atoms with E-state index in [9.17, 15) is 14.7 Å². The summed E-state index contributed by atoms with van der Waals surface area (Å²) in [5, 5.41) is 14.7. The van der Waals surface area contributed by atoms with Crippen LogP contribution in [-0.4, -0.2) is 30.5 Å². The third-order valence-electron chi connectivity index (χ3n) is 2.74. The molecule has 0 radical (unpaired) electrons. The van der Waals surface area contributed by atoms with Crippen molar-refractivity contribution in [3.8, 4) is 5.75 Å². The van der Waals surface area contributed by atoms with Crippen LogP contribution in [0.4, 0.5) is 0 Å². The summed E-state index contributed by atoms with van der Waals surface area (Å²) < 4.78 is 0.523. The molecule has 1 aromatic rings. The molecule has 0 heterocycles. The second-order valence-corrected chi connectivity index (χ2v) is 5.67. The number of nitrogens with one attached hydrogen (secondary N) is 2. The van der Waals surface area contributed by atoms with Crippen molar-refractivity contribution < 1.29 is 14.7 Å². The van der Waals surface area contributed by atoms with Crippen LogP contribution in [-0.2, 0) is 4.79 Å². The summed E-state index contributed by atoms with van der Waals surface area (Å²) in [4.78, 5) is 23.5. The minimum atomic E-state index is -0.693. The lowest BCUT2D eigenvalue weighted by Crippen LogP contribution is -2.43. The SMILES string of the molecule is CNC(=O)C(C)(C)CNC(=O)c1ccc(Br)c(O)c1. The summed E-state index contributed by atoms with van der Waals surface area (Å²) in [5.41, 5.74) is -0.352. The number of aromatic hydroxyl groups is 1. The predicted molar refractivity (Wildman–Crippen MR) is 76.0 cm³/mol. The number of phenols is 1.